The number of aromatic nitrogens is 2. The predicted molar refractivity (Wildman–Crippen MR) is 84.3 cm³/mol. The van der Waals surface area contributed by atoms with Gasteiger partial charge in [0.05, 0.1) is 19.7 Å². The number of ether oxygens (including phenoxy) is 1. The molecule has 0 unspecified atom stereocenters. The average molecular weight is 356 g/mol. The Balaban J connectivity index is 2.10. The third-order valence-electron chi connectivity index (χ3n) is 3.32. The first-order valence-corrected chi connectivity index (χ1v) is 7.51. The lowest BCUT2D eigenvalue weighted by Gasteiger charge is -2.28. The van der Waals surface area contributed by atoms with E-state index in [1.54, 1.807) is 6.92 Å². The summed E-state index contributed by atoms with van der Waals surface area (Å²) in [6.07, 6.45) is 6.47. The highest BCUT2D eigenvalue weighted by Crippen LogP contribution is 2.27. The van der Waals surface area contributed by atoms with Gasteiger partial charge in [0.15, 0.2) is 5.82 Å². The number of nitrogens with one attached hydrogen (secondary N) is 1. The molecule has 136 valence electrons. The van der Waals surface area contributed by atoms with Gasteiger partial charge in [0, 0.05) is 12.4 Å². The number of alkyl halides is 2. The molecule has 0 radical (unpaired) electrons. The number of halogens is 2. The summed E-state index contributed by atoms with van der Waals surface area (Å²) >= 11 is 0. The lowest BCUT2D eigenvalue weighted by molar-refractivity contribution is -0.143. The lowest BCUT2D eigenvalue weighted by Crippen LogP contribution is -2.40. The quantitative estimate of drug-likeness (QED) is 0.704. The Kier molecular flexibility index (Phi) is 5.86. The highest BCUT2D eigenvalue weighted by Gasteiger charge is 2.38. The van der Waals surface area contributed by atoms with E-state index in [1.807, 2.05) is 0 Å². The number of rotatable bonds is 7. The van der Waals surface area contributed by atoms with Gasteiger partial charge in [-0.05, 0) is 13.0 Å². The predicted octanol–water partition coefficient (Wildman–Crippen LogP) is 0.999. The molecule has 0 saturated carbocycles. The molecule has 0 bridgehead atoms. The maximum absolute atomic E-state index is 14.2. The van der Waals surface area contributed by atoms with Gasteiger partial charge >= 0.3 is 11.9 Å². The minimum Gasteiger partial charge on any atom is -0.465 e. The van der Waals surface area contributed by atoms with Crippen LogP contribution in [0.5, 0.6) is 0 Å². The number of hydroxylamine groups is 2. The van der Waals surface area contributed by atoms with Crippen molar-refractivity contribution in [1.29, 1.82) is 0 Å². The molecule has 10 heteroatoms. The fourth-order valence-corrected chi connectivity index (χ4v) is 2.14. The van der Waals surface area contributed by atoms with Crippen LogP contribution in [0.15, 0.2) is 41.1 Å². The molecule has 0 aliphatic carbocycles. The van der Waals surface area contributed by atoms with Crippen molar-refractivity contribution >= 4 is 11.8 Å². The number of carbonyl (C=O) groups excluding carboxylic acids is 1. The van der Waals surface area contributed by atoms with Crippen molar-refractivity contribution in [2.24, 2.45) is 0 Å². The van der Waals surface area contributed by atoms with Crippen LogP contribution >= 0.6 is 0 Å². The zero-order chi connectivity index (χ0) is 18.4. The number of anilines is 1. The SMILES string of the molecule is CCOC(=O)Cn1ccnc(NCC(F)(F)C2=CC=CCN2O)c1=O. The third-order valence-corrected chi connectivity index (χ3v) is 3.32. The normalized spacial score (nSPS) is 14.2. The van der Waals surface area contributed by atoms with E-state index in [9.17, 15) is 23.6 Å². The smallest absolute Gasteiger partial charge is 0.326 e. The second kappa shape index (κ2) is 7.88. The third kappa shape index (κ3) is 4.63. The van der Waals surface area contributed by atoms with Crippen molar-refractivity contribution in [2.45, 2.75) is 19.4 Å². The molecule has 0 fully saturated rings. The Morgan fingerprint density at radius 1 is 1.52 bits per heavy atom. The first kappa shape index (κ1) is 18.6. The molecule has 1 aromatic heterocycles. The Morgan fingerprint density at radius 3 is 2.96 bits per heavy atom. The zero-order valence-corrected chi connectivity index (χ0v) is 13.5. The summed E-state index contributed by atoms with van der Waals surface area (Å²) < 4.78 is 34.2. The molecule has 0 atom stereocenters. The lowest BCUT2D eigenvalue weighted by atomic mass is 10.1. The molecule has 0 aromatic carbocycles. The number of esters is 1. The monoisotopic (exact) mass is 356 g/mol. The number of nitrogens with zero attached hydrogens (tertiary/aromatic N) is 3. The van der Waals surface area contributed by atoms with Crippen molar-refractivity contribution in [3.8, 4) is 0 Å². The van der Waals surface area contributed by atoms with Crippen LogP contribution in [0.25, 0.3) is 0 Å². The summed E-state index contributed by atoms with van der Waals surface area (Å²) in [5.41, 5.74) is -1.32. The summed E-state index contributed by atoms with van der Waals surface area (Å²) in [7, 11) is 0. The van der Waals surface area contributed by atoms with E-state index < -0.39 is 29.7 Å². The Labute approximate surface area is 142 Å². The molecular weight excluding hydrogens is 338 g/mol. The van der Waals surface area contributed by atoms with Crippen LogP contribution in [-0.4, -0.2) is 51.4 Å². The molecule has 0 amide bonds. The van der Waals surface area contributed by atoms with Gasteiger partial charge in [-0.3, -0.25) is 24.4 Å². The van der Waals surface area contributed by atoms with E-state index >= 15 is 0 Å². The van der Waals surface area contributed by atoms with E-state index in [0.29, 0.717) is 5.06 Å². The van der Waals surface area contributed by atoms with Gasteiger partial charge in [-0.25, -0.2) is 4.98 Å². The molecule has 8 nitrogen and oxygen atoms in total. The Bertz CT molecular complexity index is 745. The minimum absolute atomic E-state index is 0.0582. The molecule has 25 heavy (non-hydrogen) atoms. The van der Waals surface area contributed by atoms with Crippen LogP contribution < -0.4 is 10.9 Å². The van der Waals surface area contributed by atoms with E-state index in [4.69, 9.17) is 4.74 Å². The van der Waals surface area contributed by atoms with Gasteiger partial charge in [-0.1, -0.05) is 12.2 Å². The number of carbonyl (C=O) groups is 1. The van der Waals surface area contributed by atoms with Crippen molar-refractivity contribution in [3.63, 3.8) is 0 Å². The van der Waals surface area contributed by atoms with Gasteiger partial charge in [0.1, 0.15) is 12.2 Å². The van der Waals surface area contributed by atoms with Crippen molar-refractivity contribution in [2.75, 3.05) is 25.0 Å². The first-order valence-electron chi connectivity index (χ1n) is 7.51. The Morgan fingerprint density at radius 2 is 2.28 bits per heavy atom. The van der Waals surface area contributed by atoms with E-state index in [-0.39, 0.29) is 25.5 Å². The minimum atomic E-state index is -3.44. The molecule has 0 saturated heterocycles. The second-order valence-electron chi connectivity index (χ2n) is 5.13. The van der Waals surface area contributed by atoms with E-state index in [0.717, 1.165) is 10.6 Å². The highest BCUT2D eigenvalue weighted by molar-refractivity contribution is 5.69. The van der Waals surface area contributed by atoms with Crippen LogP contribution in [0.4, 0.5) is 14.6 Å². The van der Waals surface area contributed by atoms with Crippen molar-refractivity contribution in [3.05, 3.63) is 46.7 Å². The molecule has 0 spiro atoms. The van der Waals surface area contributed by atoms with Gasteiger partial charge in [-0.15, -0.1) is 0 Å². The molecule has 1 aromatic rings. The van der Waals surface area contributed by atoms with Gasteiger partial charge < -0.3 is 10.1 Å². The summed E-state index contributed by atoms with van der Waals surface area (Å²) in [6.45, 7) is 0.437. The summed E-state index contributed by atoms with van der Waals surface area (Å²) in [5, 5.41) is 12.2. The molecule has 2 heterocycles. The summed E-state index contributed by atoms with van der Waals surface area (Å²) in [5.74, 6) is -4.39. The molecule has 2 N–H and O–H groups in total. The van der Waals surface area contributed by atoms with Crippen molar-refractivity contribution < 1.29 is 23.5 Å². The van der Waals surface area contributed by atoms with Gasteiger partial charge in [0.25, 0.3) is 5.56 Å². The number of allylic oxidation sites excluding steroid dienone is 2. The second-order valence-corrected chi connectivity index (χ2v) is 5.13. The van der Waals surface area contributed by atoms with Gasteiger partial charge in [0.2, 0.25) is 0 Å². The van der Waals surface area contributed by atoms with Crippen LogP contribution in [0.3, 0.4) is 0 Å². The van der Waals surface area contributed by atoms with E-state index in [1.165, 1.54) is 24.5 Å². The molecule has 1 aliphatic heterocycles. The van der Waals surface area contributed by atoms with Crippen LogP contribution in [0.1, 0.15) is 6.92 Å². The summed E-state index contributed by atoms with van der Waals surface area (Å²) in [6, 6.07) is 0. The van der Waals surface area contributed by atoms with Crippen LogP contribution in [-0.2, 0) is 16.1 Å². The van der Waals surface area contributed by atoms with Crippen LogP contribution in [0.2, 0.25) is 0 Å². The summed E-state index contributed by atoms with van der Waals surface area (Å²) in [4.78, 5) is 27.3. The number of hydrogen-bond donors (Lipinski definition) is 2. The molecule has 2 rings (SSSR count). The maximum Gasteiger partial charge on any atom is 0.326 e. The Hall–Kier alpha value is -2.75. The van der Waals surface area contributed by atoms with Gasteiger partial charge in [-0.2, -0.15) is 8.78 Å². The molecule has 1 aliphatic rings. The molecular formula is C15H18F2N4O4. The average Bonchev–Trinajstić information content (AvgIpc) is 2.56. The standard InChI is InChI=1S/C15H18F2N4O4/c1-2-25-12(22)9-20-8-6-18-13(14(20)23)19-10-15(16,17)11-5-3-4-7-21(11)24/h3-6,8,24H,2,7,9-10H2,1H3,(H,18,19). The van der Waals surface area contributed by atoms with E-state index in [2.05, 4.69) is 10.3 Å². The first-order chi connectivity index (χ1) is 11.8. The fraction of sp³-hybridized carbons (Fsp3) is 0.400. The maximum atomic E-state index is 14.2. The number of hydrogen-bond acceptors (Lipinski definition) is 7. The zero-order valence-electron chi connectivity index (χ0n) is 13.5. The van der Waals surface area contributed by atoms with Crippen molar-refractivity contribution in [1.82, 2.24) is 14.6 Å². The highest BCUT2D eigenvalue weighted by atomic mass is 19.3. The van der Waals surface area contributed by atoms with Crippen LogP contribution in [0, 0.1) is 0 Å². The fourth-order valence-electron chi connectivity index (χ4n) is 2.14. The largest absolute Gasteiger partial charge is 0.465 e. The topological polar surface area (TPSA) is 96.7 Å².